The molecule has 1 aliphatic heterocycles. The van der Waals surface area contributed by atoms with Crippen molar-refractivity contribution in [3.63, 3.8) is 0 Å². The van der Waals surface area contributed by atoms with Crippen molar-refractivity contribution in [1.29, 1.82) is 0 Å². The van der Waals surface area contributed by atoms with E-state index in [0.717, 1.165) is 12.8 Å². The van der Waals surface area contributed by atoms with Crippen LogP contribution < -0.4 is 5.73 Å². The predicted octanol–water partition coefficient (Wildman–Crippen LogP) is 0.406. The highest BCUT2D eigenvalue weighted by Crippen LogP contribution is 2.28. The molecular weight excluding hydrogens is 174 g/mol. The summed E-state index contributed by atoms with van der Waals surface area (Å²) in [4.78, 5) is 0. The summed E-state index contributed by atoms with van der Waals surface area (Å²) >= 11 is 0. The van der Waals surface area contributed by atoms with Gasteiger partial charge in [0.05, 0.1) is 11.5 Å². The predicted molar refractivity (Wildman–Crippen MR) is 49.6 cm³/mol. The second kappa shape index (κ2) is 3.75. The quantitative estimate of drug-likeness (QED) is 0.702. The minimum atomic E-state index is -2.76. The molecule has 0 aromatic rings. The molecule has 1 fully saturated rings. The van der Waals surface area contributed by atoms with E-state index in [0.29, 0.717) is 24.0 Å². The Kier molecular flexibility index (Phi) is 3.12. The maximum atomic E-state index is 11.2. The van der Waals surface area contributed by atoms with Gasteiger partial charge < -0.3 is 5.73 Å². The Morgan fingerprint density at radius 1 is 1.33 bits per heavy atom. The lowest BCUT2D eigenvalue weighted by atomic mass is 9.92. The lowest BCUT2D eigenvalue weighted by molar-refractivity contribution is 0.398. The van der Waals surface area contributed by atoms with E-state index in [1.807, 2.05) is 0 Å². The number of sulfone groups is 1. The van der Waals surface area contributed by atoms with E-state index in [9.17, 15) is 8.42 Å². The summed E-state index contributed by atoms with van der Waals surface area (Å²) in [5.41, 5.74) is 5.51. The Morgan fingerprint density at radius 3 is 2.42 bits per heavy atom. The first-order valence-electron chi connectivity index (χ1n) is 4.49. The highest BCUT2D eigenvalue weighted by atomic mass is 32.2. The van der Waals surface area contributed by atoms with Gasteiger partial charge in [-0.15, -0.1) is 0 Å². The van der Waals surface area contributed by atoms with Crippen LogP contribution in [0.1, 0.15) is 19.8 Å². The molecule has 0 radical (unpaired) electrons. The van der Waals surface area contributed by atoms with Gasteiger partial charge in [-0.3, -0.25) is 0 Å². The zero-order valence-corrected chi connectivity index (χ0v) is 8.31. The largest absolute Gasteiger partial charge is 0.330 e. The van der Waals surface area contributed by atoms with Crippen molar-refractivity contribution in [3.05, 3.63) is 0 Å². The Bertz CT molecular complexity index is 235. The van der Waals surface area contributed by atoms with Gasteiger partial charge in [0.25, 0.3) is 0 Å². The zero-order valence-electron chi connectivity index (χ0n) is 7.49. The SMILES string of the molecule is CCCC1CS(=O)(=O)CC1CN. The molecule has 1 rings (SSSR count). The van der Waals surface area contributed by atoms with Crippen molar-refractivity contribution in [2.24, 2.45) is 17.6 Å². The van der Waals surface area contributed by atoms with Crippen LogP contribution in [0.15, 0.2) is 0 Å². The molecule has 0 aliphatic carbocycles. The molecule has 0 aromatic carbocycles. The summed E-state index contributed by atoms with van der Waals surface area (Å²) in [6.07, 6.45) is 2.05. The van der Waals surface area contributed by atoms with E-state index in [-0.39, 0.29) is 5.92 Å². The van der Waals surface area contributed by atoms with Crippen LogP contribution in [0.5, 0.6) is 0 Å². The fourth-order valence-corrected chi connectivity index (χ4v) is 4.23. The molecule has 2 atom stereocenters. The van der Waals surface area contributed by atoms with Crippen molar-refractivity contribution >= 4 is 9.84 Å². The highest BCUT2D eigenvalue weighted by molar-refractivity contribution is 7.91. The standard InChI is InChI=1S/C8H17NO2S/c1-2-3-7-5-12(10,11)6-8(7)4-9/h7-8H,2-6,9H2,1H3. The first kappa shape index (κ1) is 9.99. The maximum Gasteiger partial charge on any atom is 0.150 e. The number of rotatable bonds is 3. The van der Waals surface area contributed by atoms with E-state index >= 15 is 0 Å². The van der Waals surface area contributed by atoms with Crippen molar-refractivity contribution in [1.82, 2.24) is 0 Å². The molecule has 0 spiro atoms. The molecule has 12 heavy (non-hydrogen) atoms. The van der Waals surface area contributed by atoms with Gasteiger partial charge in [0.1, 0.15) is 0 Å². The van der Waals surface area contributed by atoms with Crippen LogP contribution in [-0.2, 0) is 9.84 Å². The molecule has 2 unspecified atom stereocenters. The van der Waals surface area contributed by atoms with Crippen LogP contribution in [0.4, 0.5) is 0 Å². The average molecular weight is 191 g/mol. The molecule has 3 nitrogen and oxygen atoms in total. The van der Waals surface area contributed by atoms with E-state index in [4.69, 9.17) is 5.73 Å². The van der Waals surface area contributed by atoms with Gasteiger partial charge in [-0.05, 0) is 24.8 Å². The summed E-state index contributed by atoms with van der Waals surface area (Å²) in [5, 5.41) is 0. The molecule has 2 N–H and O–H groups in total. The van der Waals surface area contributed by atoms with Crippen molar-refractivity contribution in [3.8, 4) is 0 Å². The van der Waals surface area contributed by atoms with Gasteiger partial charge in [0.2, 0.25) is 0 Å². The number of hydrogen-bond donors (Lipinski definition) is 1. The number of hydrogen-bond acceptors (Lipinski definition) is 3. The van der Waals surface area contributed by atoms with Crippen LogP contribution in [-0.4, -0.2) is 26.5 Å². The molecule has 1 aliphatic rings. The van der Waals surface area contributed by atoms with Gasteiger partial charge in [-0.25, -0.2) is 8.42 Å². The Labute approximate surface area is 74.3 Å². The third-order valence-electron chi connectivity index (χ3n) is 2.56. The van der Waals surface area contributed by atoms with E-state index in [2.05, 4.69) is 6.92 Å². The zero-order chi connectivity index (χ0) is 9.19. The Balaban J connectivity index is 2.63. The minimum absolute atomic E-state index is 0.218. The van der Waals surface area contributed by atoms with E-state index < -0.39 is 9.84 Å². The summed E-state index contributed by atoms with van der Waals surface area (Å²) < 4.78 is 22.5. The summed E-state index contributed by atoms with van der Waals surface area (Å²) in [7, 11) is -2.76. The first-order valence-corrected chi connectivity index (χ1v) is 6.31. The molecule has 0 bridgehead atoms. The summed E-state index contributed by atoms with van der Waals surface area (Å²) in [6.45, 7) is 2.60. The third-order valence-corrected chi connectivity index (χ3v) is 4.44. The fraction of sp³-hybridized carbons (Fsp3) is 1.00. The van der Waals surface area contributed by atoms with E-state index in [1.165, 1.54) is 0 Å². The molecule has 1 saturated heterocycles. The molecule has 0 saturated carbocycles. The van der Waals surface area contributed by atoms with Crippen LogP contribution in [0.2, 0.25) is 0 Å². The Hall–Kier alpha value is -0.0900. The van der Waals surface area contributed by atoms with Gasteiger partial charge in [-0.2, -0.15) is 0 Å². The van der Waals surface area contributed by atoms with Gasteiger partial charge in [-0.1, -0.05) is 13.3 Å². The summed E-state index contributed by atoms with van der Waals surface area (Å²) in [6, 6.07) is 0. The second-order valence-electron chi connectivity index (χ2n) is 3.62. The molecule has 0 aromatic heterocycles. The molecule has 0 amide bonds. The van der Waals surface area contributed by atoms with Crippen LogP contribution in [0.25, 0.3) is 0 Å². The third kappa shape index (κ3) is 2.20. The van der Waals surface area contributed by atoms with Crippen molar-refractivity contribution in [2.75, 3.05) is 18.1 Å². The summed E-state index contributed by atoms with van der Waals surface area (Å²) in [5.74, 6) is 1.22. The monoisotopic (exact) mass is 191 g/mol. The van der Waals surface area contributed by atoms with Gasteiger partial charge in [0.15, 0.2) is 9.84 Å². The molecule has 4 heteroatoms. The molecule has 72 valence electrons. The van der Waals surface area contributed by atoms with Crippen LogP contribution >= 0.6 is 0 Å². The highest BCUT2D eigenvalue weighted by Gasteiger charge is 2.35. The smallest absolute Gasteiger partial charge is 0.150 e. The fourth-order valence-electron chi connectivity index (χ4n) is 1.94. The first-order chi connectivity index (χ1) is 5.59. The van der Waals surface area contributed by atoms with Crippen LogP contribution in [0.3, 0.4) is 0 Å². The second-order valence-corrected chi connectivity index (χ2v) is 5.78. The lowest BCUT2D eigenvalue weighted by Gasteiger charge is -2.13. The average Bonchev–Trinajstić information content (AvgIpc) is 2.26. The normalized spacial score (nSPS) is 33.8. The maximum absolute atomic E-state index is 11.2. The topological polar surface area (TPSA) is 60.2 Å². The molecule has 1 heterocycles. The van der Waals surface area contributed by atoms with Crippen LogP contribution in [0, 0.1) is 11.8 Å². The van der Waals surface area contributed by atoms with Gasteiger partial charge in [0, 0.05) is 0 Å². The van der Waals surface area contributed by atoms with Crippen molar-refractivity contribution < 1.29 is 8.42 Å². The number of nitrogens with two attached hydrogens (primary N) is 1. The van der Waals surface area contributed by atoms with E-state index in [1.54, 1.807) is 0 Å². The van der Waals surface area contributed by atoms with Crippen molar-refractivity contribution in [2.45, 2.75) is 19.8 Å². The lowest BCUT2D eigenvalue weighted by Crippen LogP contribution is -2.21. The minimum Gasteiger partial charge on any atom is -0.330 e. The Morgan fingerprint density at radius 2 is 1.92 bits per heavy atom. The molecular formula is C8H17NO2S. The van der Waals surface area contributed by atoms with Gasteiger partial charge >= 0.3 is 0 Å².